The Kier molecular flexibility index (Phi) is 3.58. The van der Waals surface area contributed by atoms with Crippen LogP contribution in [0.4, 0.5) is 0 Å². The molecule has 0 saturated carbocycles. The maximum Gasteiger partial charge on any atom is 0.142 e. The van der Waals surface area contributed by atoms with Crippen molar-refractivity contribution in [1.29, 1.82) is 0 Å². The van der Waals surface area contributed by atoms with Gasteiger partial charge in [-0.05, 0) is 11.6 Å². The lowest BCUT2D eigenvalue weighted by molar-refractivity contribution is -0.104. The molecule has 0 spiro atoms. The molecule has 0 aromatic heterocycles. The summed E-state index contributed by atoms with van der Waals surface area (Å²) >= 11 is 0. The zero-order valence-electron chi connectivity index (χ0n) is 6.68. The topological polar surface area (TPSA) is 17.1 Å². The monoisotopic (exact) mass is 158 g/mol. The summed E-state index contributed by atoms with van der Waals surface area (Å²) in [7, 11) is 0. The molecule has 0 aliphatic rings. The molecule has 0 unspecified atom stereocenters. The third-order valence-corrected chi connectivity index (χ3v) is 1.39. The maximum absolute atomic E-state index is 9.90. The van der Waals surface area contributed by atoms with Crippen molar-refractivity contribution in [2.24, 2.45) is 0 Å². The van der Waals surface area contributed by atoms with E-state index in [1.165, 1.54) is 6.08 Å². The van der Waals surface area contributed by atoms with Crippen molar-refractivity contribution in [3.05, 3.63) is 54.1 Å². The van der Waals surface area contributed by atoms with Crippen molar-refractivity contribution in [3.63, 3.8) is 0 Å². The third-order valence-electron chi connectivity index (χ3n) is 1.39. The molecule has 0 aliphatic carbocycles. The van der Waals surface area contributed by atoms with Crippen LogP contribution in [0, 0.1) is 0 Å². The van der Waals surface area contributed by atoms with Crippen LogP contribution in [0.5, 0.6) is 0 Å². The summed E-state index contributed by atoms with van der Waals surface area (Å²) in [6.07, 6.45) is 7.71. The van der Waals surface area contributed by atoms with Crippen LogP contribution < -0.4 is 0 Å². The molecule has 1 aromatic carbocycles. The van der Waals surface area contributed by atoms with Gasteiger partial charge in [-0.25, -0.2) is 0 Å². The lowest BCUT2D eigenvalue weighted by atomic mass is 10.2. The van der Waals surface area contributed by atoms with Gasteiger partial charge in [-0.15, -0.1) is 0 Å². The van der Waals surface area contributed by atoms with Gasteiger partial charge >= 0.3 is 0 Å². The third kappa shape index (κ3) is 2.97. The highest BCUT2D eigenvalue weighted by atomic mass is 16.1. The molecular formula is C11H10O. The Morgan fingerprint density at radius 2 is 1.67 bits per heavy atom. The zero-order chi connectivity index (χ0) is 8.65. The van der Waals surface area contributed by atoms with Crippen LogP contribution in [0.25, 0.3) is 6.08 Å². The van der Waals surface area contributed by atoms with E-state index in [0.29, 0.717) is 0 Å². The van der Waals surface area contributed by atoms with Gasteiger partial charge in [0.1, 0.15) is 6.29 Å². The number of rotatable bonds is 3. The molecule has 0 fully saturated rings. The second kappa shape index (κ2) is 5.08. The molecule has 0 radical (unpaired) electrons. The van der Waals surface area contributed by atoms with Crippen molar-refractivity contribution >= 4 is 12.4 Å². The van der Waals surface area contributed by atoms with E-state index in [2.05, 4.69) is 0 Å². The number of hydrogen-bond donors (Lipinski definition) is 0. The first-order chi connectivity index (χ1) is 5.93. The highest BCUT2D eigenvalue weighted by molar-refractivity contribution is 5.66. The van der Waals surface area contributed by atoms with Crippen molar-refractivity contribution < 1.29 is 4.79 Å². The molecule has 1 heteroatoms. The van der Waals surface area contributed by atoms with Gasteiger partial charge in [-0.2, -0.15) is 0 Å². The summed E-state index contributed by atoms with van der Waals surface area (Å²) in [4.78, 5) is 9.90. The summed E-state index contributed by atoms with van der Waals surface area (Å²) in [6.45, 7) is 0. The fourth-order valence-electron chi connectivity index (χ4n) is 0.840. The molecule has 60 valence electrons. The van der Waals surface area contributed by atoms with Crippen LogP contribution in [-0.4, -0.2) is 6.29 Å². The van der Waals surface area contributed by atoms with E-state index in [4.69, 9.17) is 0 Å². The molecule has 0 N–H and O–H groups in total. The minimum absolute atomic E-state index is 0.759. The summed E-state index contributed by atoms with van der Waals surface area (Å²) in [5, 5.41) is 0. The standard InChI is InChI=1S/C11H10O/c12-10-6-2-5-9-11-7-3-1-4-8-11/h1-10H/b6-2?,9-5-. The molecule has 1 rings (SSSR count). The molecule has 1 nitrogen and oxygen atoms in total. The van der Waals surface area contributed by atoms with E-state index in [9.17, 15) is 4.79 Å². The number of allylic oxidation sites excluding steroid dienone is 3. The average molecular weight is 158 g/mol. The summed E-state index contributed by atoms with van der Waals surface area (Å²) in [5.41, 5.74) is 1.13. The summed E-state index contributed by atoms with van der Waals surface area (Å²) < 4.78 is 0. The van der Waals surface area contributed by atoms with Gasteiger partial charge in [-0.3, -0.25) is 4.79 Å². The zero-order valence-corrected chi connectivity index (χ0v) is 6.68. The van der Waals surface area contributed by atoms with Gasteiger partial charge in [0.25, 0.3) is 0 Å². The van der Waals surface area contributed by atoms with Crippen LogP contribution >= 0.6 is 0 Å². The second-order valence-corrected chi connectivity index (χ2v) is 2.29. The SMILES string of the molecule is O=CC=C/C=C\c1ccccc1. The molecule has 0 aliphatic heterocycles. The van der Waals surface area contributed by atoms with Gasteiger partial charge in [-0.1, -0.05) is 48.6 Å². The highest BCUT2D eigenvalue weighted by Crippen LogP contribution is 2.00. The van der Waals surface area contributed by atoms with E-state index in [1.807, 2.05) is 42.5 Å². The predicted molar refractivity (Wildman–Crippen MR) is 50.7 cm³/mol. The summed E-state index contributed by atoms with van der Waals surface area (Å²) in [5.74, 6) is 0. The lowest BCUT2D eigenvalue weighted by Crippen LogP contribution is -1.66. The first-order valence-electron chi connectivity index (χ1n) is 3.77. The fraction of sp³-hybridized carbons (Fsp3) is 0. The van der Waals surface area contributed by atoms with E-state index in [0.717, 1.165) is 11.8 Å². The minimum atomic E-state index is 0.759. The smallest absolute Gasteiger partial charge is 0.142 e. The van der Waals surface area contributed by atoms with E-state index in [1.54, 1.807) is 6.08 Å². The van der Waals surface area contributed by atoms with Crippen LogP contribution in [0.3, 0.4) is 0 Å². The van der Waals surface area contributed by atoms with E-state index < -0.39 is 0 Å². The number of benzene rings is 1. The van der Waals surface area contributed by atoms with Crippen LogP contribution in [0.2, 0.25) is 0 Å². The minimum Gasteiger partial charge on any atom is -0.299 e. The van der Waals surface area contributed by atoms with Gasteiger partial charge < -0.3 is 0 Å². The Hall–Kier alpha value is -1.63. The van der Waals surface area contributed by atoms with Gasteiger partial charge in [0.2, 0.25) is 0 Å². The highest BCUT2D eigenvalue weighted by Gasteiger charge is 1.78. The van der Waals surface area contributed by atoms with Crippen LogP contribution in [-0.2, 0) is 4.79 Å². The largest absolute Gasteiger partial charge is 0.299 e. The maximum atomic E-state index is 9.90. The molecule has 0 bridgehead atoms. The van der Waals surface area contributed by atoms with Crippen LogP contribution in [0.15, 0.2) is 48.6 Å². The lowest BCUT2D eigenvalue weighted by Gasteiger charge is -1.87. The van der Waals surface area contributed by atoms with Gasteiger partial charge in [0.15, 0.2) is 0 Å². The van der Waals surface area contributed by atoms with Gasteiger partial charge in [0, 0.05) is 0 Å². The Bertz CT molecular complexity index is 283. The molecule has 0 amide bonds. The number of aldehydes is 1. The molecule has 0 heterocycles. The predicted octanol–water partition coefficient (Wildman–Crippen LogP) is 2.45. The first kappa shape index (κ1) is 8.47. The van der Waals surface area contributed by atoms with Crippen LogP contribution in [0.1, 0.15) is 5.56 Å². The van der Waals surface area contributed by atoms with E-state index in [-0.39, 0.29) is 0 Å². The van der Waals surface area contributed by atoms with Crippen molar-refractivity contribution in [1.82, 2.24) is 0 Å². The Morgan fingerprint density at radius 3 is 2.33 bits per heavy atom. The molecule has 12 heavy (non-hydrogen) atoms. The first-order valence-corrected chi connectivity index (χ1v) is 3.77. The number of hydrogen-bond acceptors (Lipinski definition) is 1. The second-order valence-electron chi connectivity index (χ2n) is 2.29. The number of carbonyl (C=O) groups is 1. The van der Waals surface area contributed by atoms with Gasteiger partial charge in [0.05, 0.1) is 0 Å². The number of carbonyl (C=O) groups excluding carboxylic acids is 1. The van der Waals surface area contributed by atoms with Crippen molar-refractivity contribution in [2.45, 2.75) is 0 Å². The Balaban J connectivity index is 2.58. The molecule has 0 atom stereocenters. The molecule has 0 saturated heterocycles. The van der Waals surface area contributed by atoms with Crippen molar-refractivity contribution in [3.8, 4) is 0 Å². The average Bonchev–Trinajstić information content (AvgIpc) is 2.14. The molecular weight excluding hydrogens is 148 g/mol. The fourth-order valence-corrected chi connectivity index (χ4v) is 0.840. The summed E-state index contributed by atoms with van der Waals surface area (Å²) in [6, 6.07) is 9.93. The Morgan fingerprint density at radius 1 is 0.917 bits per heavy atom. The quantitative estimate of drug-likeness (QED) is 0.375. The normalized spacial score (nSPS) is 11.0. The van der Waals surface area contributed by atoms with Crippen molar-refractivity contribution in [2.75, 3.05) is 0 Å². The molecule has 1 aromatic rings. The van der Waals surface area contributed by atoms with E-state index >= 15 is 0 Å². The Labute approximate surface area is 72.0 Å².